The van der Waals surface area contributed by atoms with Gasteiger partial charge in [-0.3, -0.25) is 0 Å². The fourth-order valence-electron chi connectivity index (χ4n) is 1.79. The molecule has 0 unspecified atom stereocenters. The number of aliphatic hydroxyl groups is 1. The van der Waals surface area contributed by atoms with E-state index in [1.807, 2.05) is 6.92 Å². The second-order valence-corrected chi connectivity index (χ2v) is 3.95. The quantitative estimate of drug-likeness (QED) is 0.673. The molecule has 2 heteroatoms. The van der Waals surface area contributed by atoms with E-state index in [1.54, 1.807) is 0 Å². The number of hydrogen-bond donors (Lipinski definition) is 2. The van der Waals surface area contributed by atoms with Gasteiger partial charge in [-0.15, -0.1) is 0 Å². The maximum absolute atomic E-state index is 10.1. The molecular formula is C11H15NO. The molecule has 1 aliphatic heterocycles. The van der Waals surface area contributed by atoms with Crippen molar-refractivity contribution >= 4 is 0 Å². The van der Waals surface area contributed by atoms with Gasteiger partial charge >= 0.3 is 0 Å². The average Bonchev–Trinajstić information content (AvgIpc) is 2.05. The summed E-state index contributed by atoms with van der Waals surface area (Å²) in [5.74, 6) is 0. The van der Waals surface area contributed by atoms with Gasteiger partial charge < -0.3 is 10.4 Å². The van der Waals surface area contributed by atoms with Crippen LogP contribution in [-0.4, -0.2) is 18.2 Å². The molecule has 0 spiro atoms. The van der Waals surface area contributed by atoms with Crippen LogP contribution in [0.25, 0.3) is 0 Å². The molecule has 0 saturated carbocycles. The number of β-amino-alcohol motifs (C(OH)–C–C–N with tert-alkyl or cyclic N) is 1. The van der Waals surface area contributed by atoms with E-state index in [1.165, 1.54) is 11.1 Å². The van der Waals surface area contributed by atoms with Crippen LogP contribution in [0.2, 0.25) is 0 Å². The van der Waals surface area contributed by atoms with Crippen molar-refractivity contribution < 1.29 is 5.11 Å². The van der Waals surface area contributed by atoms with E-state index in [0.717, 1.165) is 5.56 Å². The van der Waals surface area contributed by atoms with Crippen LogP contribution in [0.5, 0.6) is 0 Å². The number of aryl methyl sites for hydroxylation is 2. The Morgan fingerprint density at radius 2 is 2.00 bits per heavy atom. The average molecular weight is 177 g/mol. The van der Waals surface area contributed by atoms with Gasteiger partial charge in [0.25, 0.3) is 0 Å². The first-order chi connectivity index (χ1) is 6.12. The summed E-state index contributed by atoms with van der Waals surface area (Å²) in [7, 11) is 0. The van der Waals surface area contributed by atoms with Crippen LogP contribution >= 0.6 is 0 Å². The summed E-state index contributed by atoms with van der Waals surface area (Å²) in [4.78, 5) is 0. The molecule has 13 heavy (non-hydrogen) atoms. The lowest BCUT2D eigenvalue weighted by atomic mass is 9.84. The van der Waals surface area contributed by atoms with Crippen molar-refractivity contribution in [2.45, 2.75) is 19.4 Å². The Hall–Kier alpha value is -0.860. The third kappa shape index (κ3) is 1.36. The molecule has 1 aromatic rings. The van der Waals surface area contributed by atoms with Crippen molar-refractivity contribution in [1.82, 2.24) is 5.32 Å². The fourth-order valence-corrected chi connectivity index (χ4v) is 1.79. The van der Waals surface area contributed by atoms with Gasteiger partial charge in [0.1, 0.15) is 5.60 Å². The van der Waals surface area contributed by atoms with Crippen molar-refractivity contribution in [3.8, 4) is 0 Å². The first-order valence-electron chi connectivity index (χ1n) is 4.63. The summed E-state index contributed by atoms with van der Waals surface area (Å²) in [6, 6.07) is 6.23. The molecule has 2 rings (SSSR count). The third-order valence-corrected chi connectivity index (χ3v) is 2.73. The maximum atomic E-state index is 10.1. The molecule has 0 atom stereocenters. The molecule has 1 aromatic carbocycles. The molecule has 0 bridgehead atoms. The standard InChI is InChI=1S/C11H15NO/c1-8-3-4-9(2)10(5-8)11(13)6-12-7-11/h3-5,12-13H,6-7H2,1-2H3. The van der Waals surface area contributed by atoms with E-state index in [2.05, 4.69) is 30.4 Å². The van der Waals surface area contributed by atoms with E-state index in [9.17, 15) is 5.11 Å². The topological polar surface area (TPSA) is 32.3 Å². The molecule has 2 nitrogen and oxygen atoms in total. The fraction of sp³-hybridized carbons (Fsp3) is 0.455. The number of benzene rings is 1. The van der Waals surface area contributed by atoms with Gasteiger partial charge in [-0.05, 0) is 25.0 Å². The normalized spacial score (nSPS) is 19.6. The van der Waals surface area contributed by atoms with Gasteiger partial charge in [-0.25, -0.2) is 0 Å². The Bertz CT molecular complexity index is 329. The number of rotatable bonds is 1. The highest BCUT2D eigenvalue weighted by Gasteiger charge is 2.37. The van der Waals surface area contributed by atoms with Gasteiger partial charge in [0.05, 0.1) is 0 Å². The highest BCUT2D eigenvalue weighted by Crippen LogP contribution is 2.28. The molecule has 0 aliphatic carbocycles. The maximum Gasteiger partial charge on any atom is 0.115 e. The largest absolute Gasteiger partial charge is 0.382 e. The Balaban J connectivity index is 2.43. The third-order valence-electron chi connectivity index (χ3n) is 2.73. The molecule has 0 amide bonds. The summed E-state index contributed by atoms with van der Waals surface area (Å²) in [6.07, 6.45) is 0. The summed E-state index contributed by atoms with van der Waals surface area (Å²) < 4.78 is 0. The first kappa shape index (κ1) is 8.73. The van der Waals surface area contributed by atoms with Gasteiger partial charge in [0, 0.05) is 13.1 Å². The SMILES string of the molecule is Cc1ccc(C)c(C2(O)CNC2)c1. The van der Waals surface area contributed by atoms with Crippen LogP contribution in [0.1, 0.15) is 16.7 Å². The van der Waals surface area contributed by atoms with E-state index in [4.69, 9.17) is 0 Å². The Kier molecular flexibility index (Phi) is 1.90. The Morgan fingerprint density at radius 1 is 1.31 bits per heavy atom. The minimum atomic E-state index is -0.615. The van der Waals surface area contributed by atoms with E-state index in [0.29, 0.717) is 13.1 Å². The van der Waals surface area contributed by atoms with Gasteiger partial charge in [0.15, 0.2) is 0 Å². The molecule has 0 radical (unpaired) electrons. The van der Waals surface area contributed by atoms with Crippen molar-refractivity contribution in [1.29, 1.82) is 0 Å². The second kappa shape index (κ2) is 2.82. The van der Waals surface area contributed by atoms with Gasteiger partial charge in [-0.2, -0.15) is 0 Å². The predicted octanol–water partition coefficient (Wildman–Crippen LogP) is 1.09. The molecular weight excluding hydrogens is 162 g/mol. The van der Waals surface area contributed by atoms with Crippen LogP contribution in [0.15, 0.2) is 18.2 Å². The van der Waals surface area contributed by atoms with Crippen molar-refractivity contribution in [2.24, 2.45) is 0 Å². The molecule has 1 fully saturated rings. The molecule has 1 saturated heterocycles. The summed E-state index contributed by atoms with van der Waals surface area (Å²) in [5.41, 5.74) is 2.85. The lowest BCUT2D eigenvalue weighted by molar-refractivity contribution is -0.0152. The van der Waals surface area contributed by atoms with E-state index < -0.39 is 5.60 Å². The Labute approximate surface area is 78.6 Å². The Morgan fingerprint density at radius 3 is 2.54 bits per heavy atom. The predicted molar refractivity (Wildman–Crippen MR) is 52.7 cm³/mol. The zero-order valence-electron chi connectivity index (χ0n) is 8.09. The minimum Gasteiger partial charge on any atom is -0.382 e. The molecule has 0 aromatic heterocycles. The van der Waals surface area contributed by atoms with Crippen molar-refractivity contribution in [3.63, 3.8) is 0 Å². The highest BCUT2D eigenvalue weighted by molar-refractivity contribution is 5.37. The van der Waals surface area contributed by atoms with Crippen LogP contribution in [-0.2, 0) is 5.60 Å². The van der Waals surface area contributed by atoms with Crippen LogP contribution in [0.4, 0.5) is 0 Å². The van der Waals surface area contributed by atoms with Crippen molar-refractivity contribution in [2.75, 3.05) is 13.1 Å². The van der Waals surface area contributed by atoms with Crippen molar-refractivity contribution in [3.05, 3.63) is 34.9 Å². The molecule has 1 aliphatic rings. The smallest absolute Gasteiger partial charge is 0.115 e. The van der Waals surface area contributed by atoms with E-state index in [-0.39, 0.29) is 0 Å². The van der Waals surface area contributed by atoms with Gasteiger partial charge in [-0.1, -0.05) is 23.8 Å². The summed E-state index contributed by atoms with van der Waals surface area (Å²) in [5, 5.41) is 13.2. The van der Waals surface area contributed by atoms with Crippen LogP contribution in [0, 0.1) is 13.8 Å². The zero-order valence-corrected chi connectivity index (χ0v) is 8.09. The molecule has 2 N–H and O–H groups in total. The lowest BCUT2D eigenvalue weighted by Gasteiger charge is -2.39. The zero-order chi connectivity index (χ0) is 9.47. The second-order valence-electron chi connectivity index (χ2n) is 3.95. The lowest BCUT2D eigenvalue weighted by Crippen LogP contribution is -2.57. The first-order valence-corrected chi connectivity index (χ1v) is 4.63. The monoisotopic (exact) mass is 177 g/mol. The molecule has 1 heterocycles. The van der Waals surface area contributed by atoms with Crippen LogP contribution < -0.4 is 5.32 Å². The van der Waals surface area contributed by atoms with Gasteiger partial charge in [0.2, 0.25) is 0 Å². The van der Waals surface area contributed by atoms with Crippen LogP contribution in [0.3, 0.4) is 0 Å². The minimum absolute atomic E-state index is 0.615. The summed E-state index contributed by atoms with van der Waals surface area (Å²) in [6.45, 7) is 5.46. The number of hydrogen-bond acceptors (Lipinski definition) is 2. The van der Waals surface area contributed by atoms with E-state index >= 15 is 0 Å². The summed E-state index contributed by atoms with van der Waals surface area (Å²) >= 11 is 0. The molecule has 70 valence electrons. The highest BCUT2D eigenvalue weighted by atomic mass is 16.3. The number of nitrogens with one attached hydrogen (secondary N) is 1.